The minimum absolute atomic E-state index is 0.0863. The van der Waals surface area contributed by atoms with E-state index in [2.05, 4.69) is 5.32 Å². The number of nitrogens with one attached hydrogen (secondary N) is 1. The van der Waals surface area contributed by atoms with Gasteiger partial charge in [0, 0.05) is 12.1 Å². The molecular formula is C13H14ClNO5. The minimum Gasteiger partial charge on any atom is -0.466 e. The molecule has 1 aromatic carbocycles. The SMILES string of the molecule is CCOC(=O)CCNC(=O)c1cc(Cl)c2c(c1)OCO2. The molecule has 0 saturated carbocycles. The number of carbonyl (C=O) groups excluding carboxylic acids is 2. The number of hydrogen-bond donors (Lipinski definition) is 1. The molecule has 6 nitrogen and oxygen atoms in total. The third-order valence-corrected chi connectivity index (χ3v) is 2.89. The lowest BCUT2D eigenvalue weighted by molar-refractivity contribution is -0.142. The van der Waals surface area contributed by atoms with Crippen molar-refractivity contribution in [1.82, 2.24) is 5.32 Å². The Morgan fingerprint density at radius 1 is 1.40 bits per heavy atom. The Bertz CT molecular complexity index is 532. The van der Waals surface area contributed by atoms with E-state index >= 15 is 0 Å². The predicted octanol–water partition coefficient (Wildman–Crippen LogP) is 1.75. The van der Waals surface area contributed by atoms with Crippen LogP contribution < -0.4 is 14.8 Å². The molecular weight excluding hydrogens is 286 g/mol. The van der Waals surface area contributed by atoms with Gasteiger partial charge in [-0.05, 0) is 19.1 Å². The zero-order valence-electron chi connectivity index (χ0n) is 10.9. The van der Waals surface area contributed by atoms with E-state index in [-0.39, 0.29) is 31.6 Å². The van der Waals surface area contributed by atoms with Gasteiger partial charge < -0.3 is 19.5 Å². The molecule has 0 radical (unpaired) electrons. The van der Waals surface area contributed by atoms with Crippen LogP contribution in [-0.2, 0) is 9.53 Å². The summed E-state index contributed by atoms with van der Waals surface area (Å²) in [6, 6.07) is 3.04. The maximum atomic E-state index is 11.9. The molecule has 1 aliphatic rings. The Morgan fingerprint density at radius 2 is 2.20 bits per heavy atom. The van der Waals surface area contributed by atoms with Crippen LogP contribution in [0, 0.1) is 0 Å². The van der Waals surface area contributed by atoms with Crippen LogP contribution in [0.2, 0.25) is 5.02 Å². The van der Waals surface area contributed by atoms with E-state index in [1.807, 2.05) is 0 Å². The number of esters is 1. The number of hydrogen-bond acceptors (Lipinski definition) is 5. The number of amides is 1. The molecule has 0 spiro atoms. The van der Waals surface area contributed by atoms with Gasteiger partial charge in [-0.1, -0.05) is 11.6 Å². The van der Waals surface area contributed by atoms with Gasteiger partial charge in [-0.2, -0.15) is 0 Å². The number of carbonyl (C=O) groups is 2. The first kappa shape index (κ1) is 14.5. The van der Waals surface area contributed by atoms with Gasteiger partial charge in [0.25, 0.3) is 5.91 Å². The third kappa shape index (κ3) is 3.33. The Hall–Kier alpha value is -1.95. The van der Waals surface area contributed by atoms with Crippen molar-refractivity contribution in [2.75, 3.05) is 19.9 Å². The van der Waals surface area contributed by atoms with Crippen molar-refractivity contribution in [3.05, 3.63) is 22.7 Å². The highest BCUT2D eigenvalue weighted by Gasteiger charge is 2.20. The fraction of sp³-hybridized carbons (Fsp3) is 0.385. The number of rotatable bonds is 5. The Kier molecular flexibility index (Phi) is 4.68. The van der Waals surface area contributed by atoms with Crippen LogP contribution in [0.5, 0.6) is 11.5 Å². The van der Waals surface area contributed by atoms with E-state index in [4.69, 9.17) is 25.8 Å². The largest absolute Gasteiger partial charge is 0.466 e. The molecule has 0 aromatic heterocycles. The van der Waals surface area contributed by atoms with Crippen molar-refractivity contribution in [3.63, 3.8) is 0 Å². The molecule has 7 heteroatoms. The van der Waals surface area contributed by atoms with Crippen LogP contribution in [0.15, 0.2) is 12.1 Å². The molecule has 0 unspecified atom stereocenters. The van der Waals surface area contributed by atoms with Gasteiger partial charge in [0.15, 0.2) is 11.5 Å². The quantitative estimate of drug-likeness (QED) is 0.839. The highest BCUT2D eigenvalue weighted by molar-refractivity contribution is 6.32. The highest BCUT2D eigenvalue weighted by Crippen LogP contribution is 2.39. The average molecular weight is 300 g/mol. The van der Waals surface area contributed by atoms with Crippen LogP contribution in [0.3, 0.4) is 0 Å². The zero-order chi connectivity index (χ0) is 14.5. The van der Waals surface area contributed by atoms with Gasteiger partial charge in [0.05, 0.1) is 18.1 Å². The highest BCUT2D eigenvalue weighted by atomic mass is 35.5. The van der Waals surface area contributed by atoms with Crippen molar-refractivity contribution in [2.24, 2.45) is 0 Å². The van der Waals surface area contributed by atoms with Crippen LogP contribution in [0.1, 0.15) is 23.7 Å². The molecule has 1 heterocycles. The molecule has 0 fully saturated rings. The van der Waals surface area contributed by atoms with Crippen molar-refractivity contribution in [2.45, 2.75) is 13.3 Å². The average Bonchev–Trinajstić information content (AvgIpc) is 2.87. The van der Waals surface area contributed by atoms with Crippen molar-refractivity contribution >= 4 is 23.5 Å². The van der Waals surface area contributed by atoms with E-state index in [0.29, 0.717) is 28.7 Å². The summed E-state index contributed by atoms with van der Waals surface area (Å²) >= 11 is 5.99. The van der Waals surface area contributed by atoms with Gasteiger partial charge in [-0.15, -0.1) is 0 Å². The lowest BCUT2D eigenvalue weighted by Gasteiger charge is -2.07. The van der Waals surface area contributed by atoms with Crippen LogP contribution >= 0.6 is 11.6 Å². The molecule has 0 saturated heterocycles. The zero-order valence-corrected chi connectivity index (χ0v) is 11.7. The fourth-order valence-electron chi connectivity index (χ4n) is 1.71. The molecule has 20 heavy (non-hydrogen) atoms. The Balaban J connectivity index is 1.93. The summed E-state index contributed by atoms with van der Waals surface area (Å²) in [5.74, 6) is 0.189. The summed E-state index contributed by atoms with van der Waals surface area (Å²) in [4.78, 5) is 23.1. The van der Waals surface area contributed by atoms with E-state index in [1.54, 1.807) is 13.0 Å². The summed E-state index contributed by atoms with van der Waals surface area (Å²) in [7, 11) is 0. The van der Waals surface area contributed by atoms with E-state index in [1.165, 1.54) is 6.07 Å². The van der Waals surface area contributed by atoms with Crippen molar-refractivity contribution < 1.29 is 23.8 Å². The summed E-state index contributed by atoms with van der Waals surface area (Å²) in [6.45, 7) is 2.34. The molecule has 0 bridgehead atoms. The normalized spacial score (nSPS) is 12.1. The molecule has 2 rings (SSSR count). The summed E-state index contributed by atoms with van der Waals surface area (Å²) in [5.41, 5.74) is 0.350. The van der Waals surface area contributed by atoms with E-state index in [0.717, 1.165) is 0 Å². The number of ether oxygens (including phenoxy) is 3. The van der Waals surface area contributed by atoms with Crippen LogP contribution in [-0.4, -0.2) is 31.8 Å². The maximum absolute atomic E-state index is 11.9. The first-order valence-electron chi connectivity index (χ1n) is 6.14. The maximum Gasteiger partial charge on any atom is 0.307 e. The molecule has 1 aliphatic heterocycles. The summed E-state index contributed by atoms with van der Waals surface area (Å²) < 4.78 is 15.1. The van der Waals surface area contributed by atoms with Crippen molar-refractivity contribution in [1.29, 1.82) is 0 Å². The number of halogens is 1. The number of benzene rings is 1. The second-order valence-electron chi connectivity index (χ2n) is 4.00. The topological polar surface area (TPSA) is 73.9 Å². The lowest BCUT2D eigenvalue weighted by atomic mass is 10.2. The molecule has 0 aliphatic carbocycles. The predicted molar refractivity (Wildman–Crippen MR) is 71.2 cm³/mol. The molecule has 1 N–H and O–H groups in total. The molecule has 108 valence electrons. The third-order valence-electron chi connectivity index (χ3n) is 2.61. The second-order valence-corrected chi connectivity index (χ2v) is 4.41. The fourth-order valence-corrected chi connectivity index (χ4v) is 1.98. The first-order valence-corrected chi connectivity index (χ1v) is 6.52. The molecule has 1 amide bonds. The summed E-state index contributed by atoms with van der Waals surface area (Å²) in [6.07, 6.45) is 0.123. The van der Waals surface area contributed by atoms with Crippen LogP contribution in [0.25, 0.3) is 0 Å². The van der Waals surface area contributed by atoms with Gasteiger partial charge in [-0.3, -0.25) is 9.59 Å². The van der Waals surface area contributed by atoms with E-state index < -0.39 is 0 Å². The van der Waals surface area contributed by atoms with E-state index in [9.17, 15) is 9.59 Å². The van der Waals surface area contributed by atoms with Gasteiger partial charge in [0.1, 0.15) is 0 Å². The van der Waals surface area contributed by atoms with Crippen LogP contribution in [0.4, 0.5) is 0 Å². The molecule has 1 aromatic rings. The number of fused-ring (bicyclic) bond motifs is 1. The summed E-state index contributed by atoms with van der Waals surface area (Å²) in [5, 5.41) is 2.93. The smallest absolute Gasteiger partial charge is 0.307 e. The molecule has 0 atom stereocenters. The second kappa shape index (κ2) is 6.47. The minimum atomic E-state index is -0.350. The van der Waals surface area contributed by atoms with Gasteiger partial charge >= 0.3 is 5.97 Å². The Morgan fingerprint density at radius 3 is 2.95 bits per heavy atom. The Labute approximate surface area is 120 Å². The van der Waals surface area contributed by atoms with Gasteiger partial charge in [-0.25, -0.2) is 0 Å². The lowest BCUT2D eigenvalue weighted by Crippen LogP contribution is -2.26. The standard InChI is InChI=1S/C13H14ClNO5/c1-2-18-11(16)3-4-15-13(17)8-5-9(14)12-10(6-8)19-7-20-12/h5-6H,2-4,7H2,1H3,(H,15,17). The van der Waals surface area contributed by atoms with Crippen molar-refractivity contribution in [3.8, 4) is 11.5 Å². The first-order chi connectivity index (χ1) is 9.61. The monoisotopic (exact) mass is 299 g/mol. The van der Waals surface area contributed by atoms with Gasteiger partial charge in [0.2, 0.25) is 6.79 Å².